The van der Waals surface area contributed by atoms with E-state index in [2.05, 4.69) is 17.6 Å². The van der Waals surface area contributed by atoms with Gasteiger partial charge in [-0.2, -0.15) is 23.5 Å². The molecule has 0 aliphatic heterocycles. The molecule has 0 aromatic carbocycles. The van der Waals surface area contributed by atoms with Crippen LogP contribution in [0.2, 0.25) is 0 Å². The number of amides is 2. The zero-order valence-corrected chi connectivity index (χ0v) is 12.2. The summed E-state index contributed by atoms with van der Waals surface area (Å²) in [5.41, 5.74) is 0. The van der Waals surface area contributed by atoms with E-state index in [0.29, 0.717) is 25.9 Å². The van der Waals surface area contributed by atoms with Gasteiger partial charge in [0.15, 0.2) is 0 Å². The van der Waals surface area contributed by atoms with E-state index < -0.39 is 0 Å². The first-order valence-corrected chi connectivity index (χ1v) is 8.35. The smallest absolute Gasteiger partial charge is 0.220 e. The van der Waals surface area contributed by atoms with Crippen molar-refractivity contribution in [1.29, 1.82) is 0 Å². The highest BCUT2D eigenvalue weighted by Gasteiger charge is 2.01. The molecule has 0 bridgehead atoms. The van der Waals surface area contributed by atoms with Gasteiger partial charge in [0.25, 0.3) is 0 Å². The predicted octanol–water partition coefficient (Wildman–Crippen LogP) is 1.12. The average molecular weight is 278 g/mol. The maximum atomic E-state index is 11.3. The molecule has 0 atom stereocenters. The first kappa shape index (κ1) is 16.6. The lowest BCUT2D eigenvalue weighted by molar-refractivity contribution is -0.122. The van der Waals surface area contributed by atoms with Crippen LogP contribution >= 0.6 is 23.5 Å². The van der Waals surface area contributed by atoms with Crippen LogP contribution < -0.4 is 10.6 Å². The maximum absolute atomic E-state index is 11.3. The van der Waals surface area contributed by atoms with Crippen molar-refractivity contribution in [2.24, 2.45) is 0 Å². The summed E-state index contributed by atoms with van der Waals surface area (Å²) in [4.78, 5) is 22.5. The zero-order valence-electron chi connectivity index (χ0n) is 10.6. The van der Waals surface area contributed by atoms with E-state index in [-0.39, 0.29) is 11.8 Å². The van der Waals surface area contributed by atoms with Gasteiger partial charge in [-0.15, -0.1) is 0 Å². The van der Waals surface area contributed by atoms with Crippen LogP contribution in [-0.2, 0) is 9.59 Å². The fraction of sp³-hybridized carbons (Fsp3) is 0.818. The molecule has 0 fully saturated rings. The summed E-state index contributed by atoms with van der Waals surface area (Å²) < 4.78 is 0. The number of carbonyl (C=O) groups excluding carboxylic acids is 2. The minimum Gasteiger partial charge on any atom is -0.354 e. The zero-order chi connectivity index (χ0) is 12.9. The van der Waals surface area contributed by atoms with Gasteiger partial charge in [-0.05, 0) is 12.0 Å². The monoisotopic (exact) mass is 278 g/mol. The van der Waals surface area contributed by atoms with Crippen LogP contribution in [0.5, 0.6) is 0 Å². The molecule has 0 saturated heterocycles. The van der Waals surface area contributed by atoms with E-state index in [1.54, 1.807) is 23.5 Å². The van der Waals surface area contributed by atoms with Crippen molar-refractivity contribution < 1.29 is 9.59 Å². The van der Waals surface area contributed by atoms with Gasteiger partial charge in [-0.1, -0.05) is 6.92 Å². The van der Waals surface area contributed by atoms with E-state index in [1.165, 1.54) is 0 Å². The van der Waals surface area contributed by atoms with Crippen molar-refractivity contribution in [3.63, 3.8) is 0 Å². The maximum Gasteiger partial charge on any atom is 0.220 e. The number of rotatable bonds is 10. The molecule has 17 heavy (non-hydrogen) atoms. The summed E-state index contributed by atoms with van der Waals surface area (Å²) in [7, 11) is 0. The van der Waals surface area contributed by atoms with Gasteiger partial charge < -0.3 is 10.6 Å². The minimum atomic E-state index is 0.0511. The Kier molecular flexibility index (Phi) is 11.8. The summed E-state index contributed by atoms with van der Waals surface area (Å²) in [6, 6.07) is 0. The second kappa shape index (κ2) is 12.1. The van der Waals surface area contributed by atoms with Crippen LogP contribution in [0.4, 0.5) is 0 Å². The van der Waals surface area contributed by atoms with E-state index in [4.69, 9.17) is 0 Å². The number of hydrogen-bond donors (Lipinski definition) is 2. The number of carbonyl (C=O) groups is 2. The molecule has 2 N–H and O–H groups in total. The van der Waals surface area contributed by atoms with E-state index in [1.807, 2.05) is 6.26 Å². The molecule has 100 valence electrons. The van der Waals surface area contributed by atoms with Gasteiger partial charge in [0.2, 0.25) is 11.8 Å². The molecule has 0 rings (SSSR count). The second-order valence-electron chi connectivity index (χ2n) is 3.39. The molecule has 0 aromatic rings. The Hall–Kier alpha value is -0.360. The molecule has 0 aromatic heterocycles. The predicted molar refractivity (Wildman–Crippen MR) is 76.6 cm³/mol. The van der Waals surface area contributed by atoms with Gasteiger partial charge in [-0.3, -0.25) is 9.59 Å². The standard InChI is InChI=1S/C11H22N2O2S2/c1-3-17-9-5-11(15)13-7-6-12-10(14)4-8-16-2/h3-9H2,1-2H3,(H,12,14)(H,13,15). The first-order chi connectivity index (χ1) is 8.20. The van der Waals surface area contributed by atoms with Crippen molar-refractivity contribution in [3.05, 3.63) is 0 Å². The summed E-state index contributed by atoms with van der Waals surface area (Å²) in [5, 5.41) is 5.55. The highest BCUT2D eigenvalue weighted by atomic mass is 32.2. The third-order valence-electron chi connectivity index (χ3n) is 1.98. The third kappa shape index (κ3) is 11.9. The largest absolute Gasteiger partial charge is 0.354 e. The highest BCUT2D eigenvalue weighted by molar-refractivity contribution is 7.99. The summed E-state index contributed by atoms with van der Waals surface area (Å²) in [6.45, 7) is 3.10. The molecule has 6 heteroatoms. The Labute approximate surface area is 112 Å². The molecule has 0 aliphatic carbocycles. The molecule has 0 radical (unpaired) electrons. The minimum absolute atomic E-state index is 0.0511. The van der Waals surface area contributed by atoms with Crippen molar-refractivity contribution in [2.75, 3.05) is 36.6 Å². The van der Waals surface area contributed by atoms with Crippen molar-refractivity contribution >= 4 is 35.3 Å². The van der Waals surface area contributed by atoms with Crippen molar-refractivity contribution in [3.8, 4) is 0 Å². The summed E-state index contributed by atoms with van der Waals surface area (Å²) in [5.74, 6) is 2.85. The lowest BCUT2D eigenvalue weighted by Gasteiger charge is -2.06. The van der Waals surface area contributed by atoms with Crippen LogP contribution in [0.1, 0.15) is 19.8 Å². The van der Waals surface area contributed by atoms with Gasteiger partial charge in [0.1, 0.15) is 0 Å². The van der Waals surface area contributed by atoms with Crippen molar-refractivity contribution in [1.82, 2.24) is 10.6 Å². The van der Waals surface area contributed by atoms with E-state index in [9.17, 15) is 9.59 Å². The van der Waals surface area contributed by atoms with E-state index in [0.717, 1.165) is 17.3 Å². The average Bonchev–Trinajstić information content (AvgIpc) is 2.32. The Morgan fingerprint density at radius 1 is 1.00 bits per heavy atom. The Balaban J connectivity index is 3.32. The van der Waals surface area contributed by atoms with Crippen LogP contribution in [0.3, 0.4) is 0 Å². The molecule has 4 nitrogen and oxygen atoms in total. The number of thioether (sulfide) groups is 2. The molecule has 0 unspecified atom stereocenters. The van der Waals surface area contributed by atoms with Gasteiger partial charge >= 0.3 is 0 Å². The SMILES string of the molecule is CCSCCC(=O)NCCNC(=O)CCSC. The van der Waals surface area contributed by atoms with Crippen LogP contribution in [0, 0.1) is 0 Å². The molecule has 2 amide bonds. The van der Waals surface area contributed by atoms with Crippen molar-refractivity contribution in [2.45, 2.75) is 19.8 Å². The molecule has 0 aliphatic rings. The Morgan fingerprint density at radius 2 is 1.53 bits per heavy atom. The number of nitrogens with one attached hydrogen (secondary N) is 2. The van der Waals surface area contributed by atoms with Gasteiger partial charge in [-0.25, -0.2) is 0 Å². The van der Waals surface area contributed by atoms with E-state index >= 15 is 0 Å². The van der Waals surface area contributed by atoms with Crippen LogP contribution in [-0.4, -0.2) is 48.4 Å². The third-order valence-corrected chi connectivity index (χ3v) is 3.49. The summed E-state index contributed by atoms with van der Waals surface area (Å²) >= 11 is 3.41. The Bertz CT molecular complexity index is 226. The van der Waals surface area contributed by atoms with Gasteiger partial charge in [0.05, 0.1) is 0 Å². The lowest BCUT2D eigenvalue weighted by Crippen LogP contribution is -2.34. The molecular weight excluding hydrogens is 256 g/mol. The topological polar surface area (TPSA) is 58.2 Å². The molecule has 0 heterocycles. The molecular formula is C11H22N2O2S2. The second-order valence-corrected chi connectivity index (χ2v) is 5.77. The first-order valence-electron chi connectivity index (χ1n) is 5.80. The highest BCUT2D eigenvalue weighted by Crippen LogP contribution is 2.00. The summed E-state index contributed by atoms with van der Waals surface area (Å²) in [6.07, 6.45) is 3.07. The van der Waals surface area contributed by atoms with Crippen LogP contribution in [0.25, 0.3) is 0 Å². The number of hydrogen-bond acceptors (Lipinski definition) is 4. The quantitative estimate of drug-likeness (QED) is 0.588. The van der Waals surface area contributed by atoms with Crippen LogP contribution in [0.15, 0.2) is 0 Å². The fourth-order valence-electron chi connectivity index (χ4n) is 1.08. The van der Waals surface area contributed by atoms with Gasteiger partial charge in [0, 0.05) is 37.4 Å². The molecule has 0 spiro atoms. The fourth-order valence-corrected chi connectivity index (χ4v) is 2.09. The normalized spacial score (nSPS) is 10.0. The Morgan fingerprint density at radius 3 is 2.00 bits per heavy atom. The molecule has 0 saturated carbocycles. The lowest BCUT2D eigenvalue weighted by atomic mass is 10.4.